The van der Waals surface area contributed by atoms with Gasteiger partial charge in [-0.3, -0.25) is 19.0 Å². The third-order valence-electron chi connectivity index (χ3n) is 4.91. The van der Waals surface area contributed by atoms with Gasteiger partial charge >= 0.3 is 0 Å². The minimum Gasteiger partial charge on any atom is -0.494 e. The fourth-order valence-corrected chi connectivity index (χ4v) is 4.76. The number of hydrogen-bond donors (Lipinski definition) is 1. The molecule has 0 aliphatic rings. The number of methoxy groups -OCH3 is 1. The topological polar surface area (TPSA) is 77.4 Å². The Morgan fingerprint density at radius 1 is 1.07 bits per heavy atom. The molecule has 2 aromatic heterocycles. The third kappa shape index (κ3) is 3.27. The maximum atomic E-state index is 13.5. The molecule has 0 saturated heterocycles. The lowest BCUT2D eigenvalue weighted by Crippen LogP contribution is -2.25. The van der Waals surface area contributed by atoms with Crippen molar-refractivity contribution in [3.63, 3.8) is 0 Å². The first kappa shape index (κ1) is 19.8. The number of pyridine rings is 1. The second-order valence-corrected chi connectivity index (χ2v) is 7.75. The number of Topliss-reactive ketones (excluding diaryl/α,β-unsaturated/α-hetero) is 1. The van der Waals surface area contributed by atoms with Crippen LogP contribution in [0.1, 0.15) is 27.0 Å². The van der Waals surface area contributed by atoms with Crippen LogP contribution in [0.5, 0.6) is 5.75 Å². The zero-order valence-corrected chi connectivity index (χ0v) is 17.4. The van der Waals surface area contributed by atoms with Gasteiger partial charge in [-0.2, -0.15) is 0 Å². The van der Waals surface area contributed by atoms with Crippen LogP contribution in [0.25, 0.3) is 21.0 Å². The summed E-state index contributed by atoms with van der Waals surface area (Å²) in [6, 6.07) is 16.3. The number of hydrogen-bond acceptors (Lipinski definition) is 5. The van der Waals surface area contributed by atoms with Crippen LogP contribution in [0, 0.1) is 0 Å². The van der Waals surface area contributed by atoms with Crippen molar-refractivity contribution >= 4 is 44.0 Å². The lowest BCUT2D eigenvalue weighted by molar-refractivity contribution is 0.0953. The van der Waals surface area contributed by atoms with E-state index in [1.165, 1.54) is 23.0 Å². The number of nitrogens with one attached hydrogen (secondary N) is 1. The molecule has 4 aromatic rings. The SMILES string of the molecule is CCNC(=O)c1sc2c(c1OC)c(=O)n(CC(=O)c1ccccc1)c1ccccc21. The fraction of sp³-hybridized carbons (Fsp3) is 0.174. The highest BCUT2D eigenvalue weighted by Gasteiger charge is 2.25. The fourth-order valence-electron chi connectivity index (χ4n) is 3.55. The maximum Gasteiger partial charge on any atom is 0.265 e. The van der Waals surface area contributed by atoms with E-state index in [2.05, 4.69) is 5.32 Å². The van der Waals surface area contributed by atoms with Gasteiger partial charge in [-0.25, -0.2) is 0 Å². The number of carbonyl (C=O) groups excluding carboxylic acids is 2. The molecule has 0 fully saturated rings. The van der Waals surface area contributed by atoms with Gasteiger partial charge in [0.05, 0.1) is 23.9 Å². The Kier molecular flexibility index (Phi) is 5.37. The normalized spacial score (nSPS) is 11.0. The van der Waals surface area contributed by atoms with Gasteiger partial charge in [0, 0.05) is 17.5 Å². The molecule has 0 aliphatic heterocycles. The molecule has 7 heteroatoms. The smallest absolute Gasteiger partial charge is 0.265 e. The van der Waals surface area contributed by atoms with E-state index < -0.39 is 0 Å². The largest absolute Gasteiger partial charge is 0.494 e. The molecule has 0 aliphatic carbocycles. The van der Waals surface area contributed by atoms with Gasteiger partial charge in [0.25, 0.3) is 11.5 Å². The summed E-state index contributed by atoms with van der Waals surface area (Å²) in [5, 5.41) is 3.88. The van der Waals surface area contributed by atoms with Crippen LogP contribution in [-0.2, 0) is 6.54 Å². The van der Waals surface area contributed by atoms with E-state index in [-0.39, 0.29) is 29.5 Å². The van der Waals surface area contributed by atoms with Crippen molar-refractivity contribution in [3.8, 4) is 5.75 Å². The average molecular weight is 420 g/mol. The molecule has 0 bridgehead atoms. The number of para-hydroxylation sites is 1. The number of rotatable bonds is 6. The molecule has 0 radical (unpaired) electrons. The lowest BCUT2D eigenvalue weighted by Gasteiger charge is -2.11. The number of ketones is 1. The van der Waals surface area contributed by atoms with Crippen molar-refractivity contribution in [3.05, 3.63) is 75.4 Å². The Morgan fingerprint density at radius 3 is 2.47 bits per heavy atom. The molecule has 2 heterocycles. The van der Waals surface area contributed by atoms with E-state index in [0.717, 1.165) is 5.39 Å². The Bertz CT molecular complexity index is 1320. The van der Waals surface area contributed by atoms with Crippen LogP contribution < -0.4 is 15.6 Å². The molecule has 1 N–H and O–H groups in total. The second-order valence-electron chi connectivity index (χ2n) is 6.73. The van der Waals surface area contributed by atoms with Gasteiger partial charge < -0.3 is 10.1 Å². The second kappa shape index (κ2) is 8.12. The highest BCUT2D eigenvalue weighted by molar-refractivity contribution is 7.22. The molecule has 0 saturated carbocycles. The van der Waals surface area contributed by atoms with Crippen LogP contribution >= 0.6 is 11.3 Å². The molecule has 30 heavy (non-hydrogen) atoms. The zero-order chi connectivity index (χ0) is 21.3. The summed E-state index contributed by atoms with van der Waals surface area (Å²) in [6.45, 7) is 2.19. The molecule has 0 unspecified atom stereocenters. The van der Waals surface area contributed by atoms with Crippen LogP contribution in [0.15, 0.2) is 59.4 Å². The van der Waals surface area contributed by atoms with Gasteiger partial charge in [-0.05, 0) is 13.0 Å². The Hall–Kier alpha value is -3.45. The predicted molar refractivity (Wildman–Crippen MR) is 119 cm³/mol. The minimum absolute atomic E-state index is 0.102. The summed E-state index contributed by atoms with van der Waals surface area (Å²) in [6.07, 6.45) is 0. The van der Waals surface area contributed by atoms with E-state index in [1.54, 1.807) is 24.3 Å². The van der Waals surface area contributed by atoms with Crippen molar-refractivity contribution < 1.29 is 14.3 Å². The molecular formula is C23H20N2O4S. The average Bonchev–Trinajstić information content (AvgIpc) is 3.17. The number of ether oxygens (including phenoxy) is 1. The van der Waals surface area contributed by atoms with Gasteiger partial charge in [-0.15, -0.1) is 11.3 Å². The zero-order valence-electron chi connectivity index (χ0n) is 16.6. The van der Waals surface area contributed by atoms with E-state index >= 15 is 0 Å². The maximum absolute atomic E-state index is 13.5. The van der Waals surface area contributed by atoms with Crippen molar-refractivity contribution in [1.82, 2.24) is 9.88 Å². The van der Waals surface area contributed by atoms with Crippen LogP contribution in [0.4, 0.5) is 0 Å². The minimum atomic E-state index is -0.350. The molecular weight excluding hydrogens is 400 g/mol. The van der Waals surface area contributed by atoms with Gasteiger partial charge in [0.2, 0.25) is 0 Å². The molecule has 152 valence electrons. The number of nitrogens with zero attached hydrogens (tertiary/aromatic N) is 1. The van der Waals surface area contributed by atoms with E-state index in [9.17, 15) is 14.4 Å². The predicted octanol–water partition coefficient (Wildman–Crippen LogP) is 3.86. The van der Waals surface area contributed by atoms with Gasteiger partial charge in [0.15, 0.2) is 11.5 Å². The van der Waals surface area contributed by atoms with Crippen molar-refractivity contribution in [2.45, 2.75) is 13.5 Å². The van der Waals surface area contributed by atoms with Gasteiger partial charge in [0.1, 0.15) is 10.3 Å². The lowest BCUT2D eigenvalue weighted by atomic mass is 10.1. The highest BCUT2D eigenvalue weighted by Crippen LogP contribution is 2.39. The Morgan fingerprint density at radius 2 is 1.77 bits per heavy atom. The quantitative estimate of drug-likeness (QED) is 0.481. The molecule has 2 aromatic carbocycles. The van der Waals surface area contributed by atoms with E-state index in [0.29, 0.717) is 32.6 Å². The van der Waals surface area contributed by atoms with E-state index in [1.807, 2.05) is 37.3 Å². The number of carbonyl (C=O) groups is 2. The Labute approximate surface area is 176 Å². The monoisotopic (exact) mass is 420 g/mol. The molecule has 1 amide bonds. The molecule has 6 nitrogen and oxygen atoms in total. The first-order valence-electron chi connectivity index (χ1n) is 9.55. The summed E-state index contributed by atoms with van der Waals surface area (Å²) in [4.78, 5) is 39.2. The number of thiophene rings is 1. The standard InChI is InChI=1S/C23H20N2O4S/c1-3-24-22(27)21-19(29-2)18-20(30-21)15-11-7-8-12-16(15)25(23(18)28)13-17(26)14-9-5-4-6-10-14/h4-12H,3,13H2,1-2H3,(H,24,27). The van der Waals surface area contributed by atoms with Crippen molar-refractivity contribution in [1.29, 1.82) is 0 Å². The highest BCUT2D eigenvalue weighted by atomic mass is 32.1. The summed E-state index contributed by atoms with van der Waals surface area (Å²) in [5.74, 6) is -0.205. The summed E-state index contributed by atoms with van der Waals surface area (Å²) >= 11 is 1.23. The molecule has 0 spiro atoms. The van der Waals surface area contributed by atoms with Crippen molar-refractivity contribution in [2.75, 3.05) is 13.7 Å². The molecule has 0 atom stereocenters. The first-order chi connectivity index (χ1) is 14.6. The number of amides is 1. The van der Waals surface area contributed by atoms with Crippen LogP contribution in [0.3, 0.4) is 0 Å². The number of aromatic nitrogens is 1. The third-order valence-corrected chi connectivity index (χ3v) is 6.11. The van der Waals surface area contributed by atoms with Crippen molar-refractivity contribution in [2.24, 2.45) is 0 Å². The first-order valence-corrected chi connectivity index (χ1v) is 10.4. The summed E-state index contributed by atoms with van der Waals surface area (Å²) in [5.41, 5.74) is 0.830. The summed E-state index contributed by atoms with van der Waals surface area (Å²) in [7, 11) is 1.44. The van der Waals surface area contributed by atoms with Crippen LogP contribution in [-0.4, -0.2) is 29.9 Å². The number of fused-ring (bicyclic) bond motifs is 3. The van der Waals surface area contributed by atoms with Gasteiger partial charge in [-0.1, -0.05) is 48.5 Å². The Balaban J connectivity index is 1.98. The van der Waals surface area contributed by atoms with Crippen LogP contribution in [0.2, 0.25) is 0 Å². The summed E-state index contributed by atoms with van der Waals surface area (Å²) < 4.78 is 7.63. The van der Waals surface area contributed by atoms with E-state index in [4.69, 9.17) is 4.74 Å². The molecule has 4 rings (SSSR count). The number of benzene rings is 2.